The predicted octanol–water partition coefficient (Wildman–Crippen LogP) is 5.33. The van der Waals surface area contributed by atoms with Crippen LogP contribution < -0.4 is 18.9 Å². The predicted molar refractivity (Wildman–Crippen MR) is 141 cm³/mol. The lowest BCUT2D eigenvalue weighted by Gasteiger charge is -2.29. The zero-order valence-corrected chi connectivity index (χ0v) is 20.9. The Hall–Kier alpha value is -3.64. The molecule has 0 unspecified atom stereocenters. The lowest BCUT2D eigenvalue weighted by Crippen LogP contribution is -2.30. The number of benzene rings is 3. The summed E-state index contributed by atoms with van der Waals surface area (Å²) >= 11 is 0. The van der Waals surface area contributed by atoms with Gasteiger partial charge in [-0.2, -0.15) is 0 Å². The third-order valence-electron chi connectivity index (χ3n) is 6.16. The van der Waals surface area contributed by atoms with Gasteiger partial charge in [-0.1, -0.05) is 24.3 Å². The normalized spacial score (nSPS) is 13.6. The molecule has 0 bridgehead atoms. The van der Waals surface area contributed by atoms with Crippen LogP contribution in [0, 0.1) is 0 Å². The molecule has 3 aromatic rings. The van der Waals surface area contributed by atoms with Crippen molar-refractivity contribution in [2.75, 3.05) is 41.0 Å². The minimum absolute atomic E-state index is 0. The number of nitrogens with zero attached hydrogens (tertiary/aromatic N) is 2. The minimum Gasteiger partial charge on any atom is -0.493 e. The standard InChI is InChI=1S/C28H28N2O4.ClH/c1-31-25-16-19(17-26(32-2)27(25)33-3)12-15-34-22-10-8-20(9-11-22)24-18-21-6-4-5-7-23(21)28-29-13-14-30(24)28;/h4-11,16-18H,12-15H2,1-3H3;1H. The van der Waals surface area contributed by atoms with E-state index in [-0.39, 0.29) is 12.4 Å². The Morgan fingerprint density at radius 3 is 2.29 bits per heavy atom. The van der Waals surface area contributed by atoms with Crippen LogP contribution in [0.2, 0.25) is 0 Å². The molecule has 6 nitrogen and oxygen atoms in total. The molecule has 35 heavy (non-hydrogen) atoms. The summed E-state index contributed by atoms with van der Waals surface area (Å²) in [7, 11) is 4.85. The van der Waals surface area contributed by atoms with Crippen molar-refractivity contribution >= 4 is 30.0 Å². The van der Waals surface area contributed by atoms with Crippen molar-refractivity contribution in [3.05, 3.63) is 82.9 Å². The Morgan fingerprint density at radius 2 is 1.60 bits per heavy atom. The smallest absolute Gasteiger partial charge is 0.203 e. The largest absolute Gasteiger partial charge is 0.493 e. The van der Waals surface area contributed by atoms with E-state index in [1.165, 1.54) is 16.8 Å². The molecule has 0 saturated heterocycles. The molecular formula is C28H29ClN2O4. The molecule has 0 saturated carbocycles. The molecule has 0 radical (unpaired) electrons. The fourth-order valence-corrected chi connectivity index (χ4v) is 4.49. The Kier molecular flexibility index (Phi) is 7.51. The summed E-state index contributed by atoms with van der Waals surface area (Å²) < 4.78 is 22.3. The van der Waals surface area contributed by atoms with Crippen molar-refractivity contribution in [2.24, 2.45) is 4.99 Å². The minimum atomic E-state index is 0. The Bertz CT molecular complexity index is 1230. The molecule has 2 aliphatic heterocycles. The van der Waals surface area contributed by atoms with Crippen LogP contribution in [0.5, 0.6) is 23.0 Å². The number of fused-ring (bicyclic) bond motifs is 3. The fourth-order valence-electron chi connectivity index (χ4n) is 4.49. The number of ether oxygens (including phenoxy) is 4. The number of aliphatic imine (C=N–C) groups is 1. The number of methoxy groups -OCH3 is 3. The summed E-state index contributed by atoms with van der Waals surface area (Å²) in [6.07, 6.45) is 2.97. The van der Waals surface area contributed by atoms with E-state index in [2.05, 4.69) is 47.4 Å². The van der Waals surface area contributed by atoms with Gasteiger partial charge in [0.2, 0.25) is 5.75 Å². The van der Waals surface area contributed by atoms with Crippen molar-refractivity contribution in [3.63, 3.8) is 0 Å². The molecule has 182 valence electrons. The number of rotatable bonds is 8. The number of halogens is 1. The van der Waals surface area contributed by atoms with Crippen LogP contribution in [0.4, 0.5) is 0 Å². The average Bonchev–Trinajstić information content (AvgIpc) is 3.38. The summed E-state index contributed by atoms with van der Waals surface area (Å²) in [5, 5.41) is 0. The maximum atomic E-state index is 6.03. The van der Waals surface area contributed by atoms with Gasteiger partial charge in [0.15, 0.2) is 11.5 Å². The van der Waals surface area contributed by atoms with Crippen molar-refractivity contribution in [1.29, 1.82) is 0 Å². The van der Waals surface area contributed by atoms with Crippen LogP contribution >= 0.6 is 12.4 Å². The van der Waals surface area contributed by atoms with Crippen molar-refractivity contribution < 1.29 is 18.9 Å². The van der Waals surface area contributed by atoms with E-state index >= 15 is 0 Å². The molecule has 2 heterocycles. The summed E-state index contributed by atoms with van der Waals surface area (Å²) in [6.45, 7) is 2.27. The van der Waals surface area contributed by atoms with Crippen LogP contribution in [-0.2, 0) is 6.42 Å². The van der Waals surface area contributed by atoms with Crippen LogP contribution in [0.3, 0.4) is 0 Å². The zero-order chi connectivity index (χ0) is 23.5. The molecule has 5 rings (SSSR count). The van der Waals surface area contributed by atoms with E-state index in [0.717, 1.165) is 35.8 Å². The summed E-state index contributed by atoms with van der Waals surface area (Å²) in [5.41, 5.74) is 5.80. The monoisotopic (exact) mass is 492 g/mol. The molecule has 0 aliphatic carbocycles. The van der Waals surface area contributed by atoms with Crippen molar-refractivity contribution in [3.8, 4) is 23.0 Å². The van der Waals surface area contributed by atoms with E-state index in [1.807, 2.05) is 24.3 Å². The lowest BCUT2D eigenvalue weighted by molar-refractivity contribution is 0.315. The molecule has 0 fully saturated rings. The molecule has 2 aliphatic rings. The highest BCUT2D eigenvalue weighted by atomic mass is 35.5. The molecule has 0 spiro atoms. The summed E-state index contributed by atoms with van der Waals surface area (Å²) in [5.74, 6) is 3.79. The first-order valence-corrected chi connectivity index (χ1v) is 11.4. The highest BCUT2D eigenvalue weighted by Gasteiger charge is 2.28. The SMILES string of the molecule is COc1cc(CCOc2ccc(C3=Cc4ccccc4C4=NCCN34)cc2)cc(OC)c1OC.Cl. The Balaban J connectivity index is 0.00000289. The first kappa shape index (κ1) is 24.5. The van der Waals surface area contributed by atoms with Gasteiger partial charge in [0.05, 0.1) is 40.2 Å². The number of hydrogen-bond donors (Lipinski definition) is 0. The Labute approximate surface area is 212 Å². The van der Waals surface area contributed by atoms with Gasteiger partial charge in [0.25, 0.3) is 0 Å². The maximum absolute atomic E-state index is 6.03. The second-order valence-electron chi connectivity index (χ2n) is 8.13. The fraction of sp³-hybridized carbons (Fsp3) is 0.250. The second-order valence-corrected chi connectivity index (χ2v) is 8.13. The molecule has 0 aromatic heterocycles. The second kappa shape index (κ2) is 10.7. The van der Waals surface area contributed by atoms with Crippen LogP contribution in [-0.4, -0.2) is 51.8 Å². The topological polar surface area (TPSA) is 52.5 Å². The van der Waals surface area contributed by atoms with Crippen LogP contribution in [0.15, 0.2) is 65.7 Å². The number of hydrogen-bond acceptors (Lipinski definition) is 6. The van der Waals surface area contributed by atoms with Gasteiger partial charge >= 0.3 is 0 Å². The van der Waals surface area contributed by atoms with Gasteiger partial charge in [-0.15, -0.1) is 12.4 Å². The van der Waals surface area contributed by atoms with Crippen LogP contribution in [0.25, 0.3) is 11.8 Å². The summed E-state index contributed by atoms with van der Waals surface area (Å²) in [4.78, 5) is 7.06. The van der Waals surface area contributed by atoms with Crippen molar-refractivity contribution in [1.82, 2.24) is 4.90 Å². The van der Waals surface area contributed by atoms with Gasteiger partial charge in [0.1, 0.15) is 11.6 Å². The van der Waals surface area contributed by atoms with Crippen LogP contribution in [0.1, 0.15) is 22.3 Å². The quantitative estimate of drug-likeness (QED) is 0.425. The molecular weight excluding hydrogens is 464 g/mol. The number of amidine groups is 1. The maximum Gasteiger partial charge on any atom is 0.203 e. The van der Waals surface area contributed by atoms with E-state index in [9.17, 15) is 0 Å². The van der Waals surface area contributed by atoms with Gasteiger partial charge < -0.3 is 23.8 Å². The lowest BCUT2D eigenvalue weighted by atomic mass is 9.97. The third kappa shape index (κ3) is 4.80. The molecule has 7 heteroatoms. The third-order valence-corrected chi connectivity index (χ3v) is 6.16. The Morgan fingerprint density at radius 1 is 0.886 bits per heavy atom. The first-order valence-electron chi connectivity index (χ1n) is 11.4. The molecule has 3 aromatic carbocycles. The van der Waals surface area contributed by atoms with E-state index in [1.54, 1.807) is 21.3 Å². The van der Waals surface area contributed by atoms with E-state index in [4.69, 9.17) is 23.9 Å². The van der Waals surface area contributed by atoms with E-state index in [0.29, 0.717) is 30.3 Å². The molecule has 0 N–H and O–H groups in total. The summed E-state index contributed by atoms with van der Waals surface area (Å²) in [6, 6.07) is 20.6. The molecule has 0 atom stereocenters. The van der Waals surface area contributed by atoms with Gasteiger partial charge in [-0.05, 0) is 59.2 Å². The van der Waals surface area contributed by atoms with Gasteiger partial charge in [0, 0.05) is 18.5 Å². The average molecular weight is 493 g/mol. The van der Waals surface area contributed by atoms with Crippen molar-refractivity contribution in [2.45, 2.75) is 6.42 Å². The highest BCUT2D eigenvalue weighted by molar-refractivity contribution is 6.12. The zero-order valence-electron chi connectivity index (χ0n) is 20.1. The first-order chi connectivity index (χ1) is 16.7. The van der Waals surface area contributed by atoms with Gasteiger partial charge in [-0.3, -0.25) is 4.99 Å². The van der Waals surface area contributed by atoms with Gasteiger partial charge in [-0.25, -0.2) is 0 Å². The molecule has 0 amide bonds. The van der Waals surface area contributed by atoms with E-state index < -0.39 is 0 Å². The highest BCUT2D eigenvalue weighted by Crippen LogP contribution is 2.38.